The standard InChI is InChI=1S/C7H8O.C4H10O/c8-6-7-4-2-1-3-5-7;1-4(2)3-5/h1-5,8H,6H2;4-5H,3H2,1-2H3. The van der Waals surface area contributed by atoms with Gasteiger partial charge in [0.2, 0.25) is 0 Å². The summed E-state index contributed by atoms with van der Waals surface area (Å²) in [5.74, 6) is 0.440. The van der Waals surface area contributed by atoms with E-state index in [4.69, 9.17) is 10.2 Å². The van der Waals surface area contributed by atoms with Gasteiger partial charge in [-0.15, -0.1) is 0 Å². The van der Waals surface area contributed by atoms with E-state index in [0.717, 1.165) is 5.56 Å². The van der Waals surface area contributed by atoms with Gasteiger partial charge < -0.3 is 10.2 Å². The maximum absolute atomic E-state index is 8.54. The average molecular weight is 182 g/mol. The Kier molecular flexibility index (Phi) is 7.26. The lowest BCUT2D eigenvalue weighted by Gasteiger charge is -1.90. The fraction of sp³-hybridized carbons (Fsp3) is 0.455. The van der Waals surface area contributed by atoms with Crippen molar-refractivity contribution in [3.05, 3.63) is 35.9 Å². The number of aliphatic hydroxyl groups excluding tert-OH is 2. The van der Waals surface area contributed by atoms with Crippen molar-refractivity contribution in [1.29, 1.82) is 0 Å². The van der Waals surface area contributed by atoms with E-state index in [2.05, 4.69) is 0 Å². The van der Waals surface area contributed by atoms with Crippen LogP contribution in [0, 0.1) is 5.92 Å². The second-order valence-electron chi connectivity index (χ2n) is 3.22. The zero-order chi connectivity index (χ0) is 10.1. The summed E-state index contributed by atoms with van der Waals surface area (Å²) < 4.78 is 0. The summed E-state index contributed by atoms with van der Waals surface area (Å²) in [5, 5.41) is 16.7. The van der Waals surface area contributed by atoms with Gasteiger partial charge in [-0.25, -0.2) is 0 Å². The van der Waals surface area contributed by atoms with E-state index in [1.54, 1.807) is 0 Å². The van der Waals surface area contributed by atoms with Gasteiger partial charge in [-0.1, -0.05) is 44.2 Å². The van der Waals surface area contributed by atoms with Crippen LogP contribution in [0.15, 0.2) is 30.3 Å². The molecule has 2 N–H and O–H groups in total. The number of rotatable bonds is 2. The molecule has 0 amide bonds. The second kappa shape index (κ2) is 7.77. The van der Waals surface area contributed by atoms with Gasteiger partial charge in [-0.05, 0) is 11.5 Å². The van der Waals surface area contributed by atoms with Crippen molar-refractivity contribution < 1.29 is 10.2 Å². The fourth-order valence-electron chi connectivity index (χ4n) is 0.583. The Morgan fingerprint density at radius 3 is 1.77 bits per heavy atom. The number of hydrogen-bond acceptors (Lipinski definition) is 2. The van der Waals surface area contributed by atoms with E-state index < -0.39 is 0 Å². The second-order valence-corrected chi connectivity index (χ2v) is 3.22. The maximum Gasteiger partial charge on any atom is 0.0681 e. The van der Waals surface area contributed by atoms with Crippen LogP contribution < -0.4 is 0 Å². The van der Waals surface area contributed by atoms with Crippen LogP contribution in [0.25, 0.3) is 0 Å². The van der Waals surface area contributed by atoms with Crippen molar-refractivity contribution in [2.75, 3.05) is 6.61 Å². The molecule has 74 valence electrons. The minimum Gasteiger partial charge on any atom is -0.396 e. The summed E-state index contributed by atoms with van der Waals surface area (Å²) in [6.45, 7) is 4.39. The molecule has 2 heteroatoms. The van der Waals surface area contributed by atoms with Crippen molar-refractivity contribution in [1.82, 2.24) is 0 Å². The molecule has 0 spiro atoms. The Morgan fingerprint density at radius 1 is 1.08 bits per heavy atom. The summed E-state index contributed by atoms with van der Waals surface area (Å²) >= 11 is 0. The first kappa shape index (κ1) is 12.1. The van der Waals surface area contributed by atoms with Crippen molar-refractivity contribution in [2.24, 2.45) is 5.92 Å². The number of benzene rings is 1. The van der Waals surface area contributed by atoms with Gasteiger partial charge in [0.05, 0.1) is 6.61 Å². The van der Waals surface area contributed by atoms with Crippen LogP contribution in [-0.2, 0) is 6.61 Å². The molecule has 1 aromatic rings. The quantitative estimate of drug-likeness (QED) is 0.732. The largest absolute Gasteiger partial charge is 0.396 e. The van der Waals surface area contributed by atoms with Gasteiger partial charge in [0.25, 0.3) is 0 Å². The molecule has 0 heterocycles. The molecule has 0 radical (unpaired) electrons. The maximum atomic E-state index is 8.54. The molecule has 1 rings (SSSR count). The van der Waals surface area contributed by atoms with Crippen LogP contribution in [0.1, 0.15) is 19.4 Å². The van der Waals surface area contributed by atoms with Gasteiger partial charge >= 0.3 is 0 Å². The normalized spacial score (nSPS) is 9.31. The molecule has 0 bridgehead atoms. The lowest BCUT2D eigenvalue weighted by atomic mass is 10.2. The summed E-state index contributed by atoms with van der Waals surface area (Å²) in [6.07, 6.45) is 0. The van der Waals surface area contributed by atoms with E-state index >= 15 is 0 Å². The van der Waals surface area contributed by atoms with Gasteiger partial charge in [0, 0.05) is 6.61 Å². The minimum absolute atomic E-state index is 0.140. The zero-order valence-corrected chi connectivity index (χ0v) is 8.27. The van der Waals surface area contributed by atoms with Crippen molar-refractivity contribution in [2.45, 2.75) is 20.5 Å². The Balaban J connectivity index is 0.000000252. The van der Waals surface area contributed by atoms with Crippen molar-refractivity contribution in [3.8, 4) is 0 Å². The predicted molar refractivity (Wildman–Crippen MR) is 54.3 cm³/mol. The van der Waals surface area contributed by atoms with Crippen LogP contribution in [0.5, 0.6) is 0 Å². The predicted octanol–water partition coefficient (Wildman–Crippen LogP) is 1.81. The number of aliphatic hydroxyl groups is 2. The molecular formula is C11H18O2. The Hall–Kier alpha value is -0.860. The highest BCUT2D eigenvalue weighted by molar-refractivity contribution is 5.12. The third-order valence-electron chi connectivity index (χ3n) is 1.39. The summed E-state index contributed by atoms with van der Waals surface area (Å²) in [7, 11) is 0. The first-order valence-electron chi connectivity index (χ1n) is 4.46. The number of hydrogen-bond donors (Lipinski definition) is 2. The first-order valence-corrected chi connectivity index (χ1v) is 4.46. The highest BCUT2D eigenvalue weighted by Gasteiger charge is 1.81. The third-order valence-corrected chi connectivity index (χ3v) is 1.39. The molecule has 0 aliphatic rings. The molecule has 0 aromatic heterocycles. The highest BCUT2D eigenvalue weighted by atomic mass is 16.3. The van der Waals surface area contributed by atoms with E-state index in [1.807, 2.05) is 44.2 Å². The molecule has 0 saturated heterocycles. The first-order chi connectivity index (χ1) is 6.20. The zero-order valence-electron chi connectivity index (χ0n) is 8.27. The molecule has 2 nitrogen and oxygen atoms in total. The summed E-state index contributed by atoms with van der Waals surface area (Å²) in [4.78, 5) is 0. The molecule has 0 saturated carbocycles. The fourth-order valence-corrected chi connectivity index (χ4v) is 0.583. The van der Waals surface area contributed by atoms with Gasteiger partial charge in [-0.2, -0.15) is 0 Å². The average Bonchev–Trinajstić information content (AvgIpc) is 2.20. The summed E-state index contributed by atoms with van der Waals surface area (Å²) in [6, 6.07) is 9.52. The van der Waals surface area contributed by atoms with Crippen molar-refractivity contribution in [3.63, 3.8) is 0 Å². The minimum atomic E-state index is 0.140. The Morgan fingerprint density at radius 2 is 1.54 bits per heavy atom. The van der Waals surface area contributed by atoms with Gasteiger partial charge in [0.15, 0.2) is 0 Å². The Bertz CT molecular complexity index is 195. The van der Waals surface area contributed by atoms with Crippen LogP contribution in [0.2, 0.25) is 0 Å². The molecule has 13 heavy (non-hydrogen) atoms. The van der Waals surface area contributed by atoms with Crippen LogP contribution >= 0.6 is 0 Å². The lowest BCUT2D eigenvalue weighted by molar-refractivity contribution is 0.248. The van der Waals surface area contributed by atoms with Crippen LogP contribution in [0.3, 0.4) is 0 Å². The van der Waals surface area contributed by atoms with Crippen molar-refractivity contribution >= 4 is 0 Å². The topological polar surface area (TPSA) is 40.5 Å². The van der Waals surface area contributed by atoms with Crippen LogP contribution in [-0.4, -0.2) is 16.8 Å². The van der Waals surface area contributed by atoms with E-state index in [9.17, 15) is 0 Å². The van der Waals surface area contributed by atoms with E-state index in [1.165, 1.54) is 0 Å². The molecule has 0 unspecified atom stereocenters. The van der Waals surface area contributed by atoms with Gasteiger partial charge in [0.1, 0.15) is 0 Å². The van der Waals surface area contributed by atoms with Gasteiger partial charge in [-0.3, -0.25) is 0 Å². The monoisotopic (exact) mass is 182 g/mol. The third kappa shape index (κ3) is 7.50. The SMILES string of the molecule is CC(C)CO.OCc1ccccc1. The molecule has 1 aromatic carbocycles. The summed E-state index contributed by atoms with van der Waals surface area (Å²) in [5.41, 5.74) is 0.965. The van der Waals surface area contributed by atoms with Crippen LogP contribution in [0.4, 0.5) is 0 Å². The van der Waals surface area contributed by atoms with E-state index in [0.29, 0.717) is 12.5 Å². The molecule has 0 aliphatic carbocycles. The molecule has 0 aliphatic heterocycles. The Labute approximate surface area is 79.9 Å². The highest BCUT2D eigenvalue weighted by Crippen LogP contribution is 1.95. The molecule has 0 fully saturated rings. The molecular weight excluding hydrogens is 164 g/mol. The van der Waals surface area contributed by atoms with E-state index in [-0.39, 0.29) is 6.61 Å². The molecule has 0 atom stereocenters. The smallest absolute Gasteiger partial charge is 0.0681 e. The lowest BCUT2D eigenvalue weighted by Crippen LogP contribution is -1.90.